The number of carbonyl (C=O) groups is 1. The van der Waals surface area contributed by atoms with Gasteiger partial charge in [-0.2, -0.15) is 4.72 Å². The standard InChI is InChI=1S/C18H19FN2O6S/c19-14-3-1-13(2-4-14)11-27-15-5-7-16(8-6-15)28(24,25)21-18(17(22)20-23)9-10-26-12-18/h1-8,21,23H,9-12H2,(H,20,22). The number of ether oxygens (including phenoxy) is 2. The molecule has 0 spiro atoms. The molecule has 1 atom stereocenters. The first kappa shape index (κ1) is 20.2. The number of nitrogens with one attached hydrogen (secondary N) is 2. The van der Waals surface area contributed by atoms with Gasteiger partial charge in [0.15, 0.2) is 0 Å². The van der Waals surface area contributed by atoms with Gasteiger partial charge in [0, 0.05) is 13.0 Å². The van der Waals surface area contributed by atoms with E-state index in [2.05, 4.69) is 4.72 Å². The average Bonchev–Trinajstić information content (AvgIpc) is 3.16. The zero-order chi connectivity index (χ0) is 20.2. The Kier molecular flexibility index (Phi) is 5.94. The lowest BCUT2D eigenvalue weighted by molar-refractivity contribution is -0.135. The summed E-state index contributed by atoms with van der Waals surface area (Å²) in [7, 11) is -4.05. The lowest BCUT2D eigenvalue weighted by atomic mass is 10.00. The van der Waals surface area contributed by atoms with Gasteiger partial charge in [0.05, 0.1) is 11.5 Å². The van der Waals surface area contributed by atoms with Crippen molar-refractivity contribution < 1.29 is 32.3 Å². The molecular formula is C18H19FN2O6S. The van der Waals surface area contributed by atoms with Crippen molar-refractivity contribution in [2.75, 3.05) is 13.2 Å². The van der Waals surface area contributed by atoms with Crippen molar-refractivity contribution in [3.63, 3.8) is 0 Å². The first-order valence-corrected chi connectivity index (χ1v) is 9.87. The second-order valence-electron chi connectivity index (χ2n) is 6.32. The maximum absolute atomic E-state index is 12.9. The third kappa shape index (κ3) is 4.47. The molecule has 2 aromatic carbocycles. The Morgan fingerprint density at radius 1 is 1.18 bits per heavy atom. The Morgan fingerprint density at radius 2 is 1.86 bits per heavy atom. The second kappa shape index (κ2) is 8.23. The van der Waals surface area contributed by atoms with Crippen LogP contribution in [0.25, 0.3) is 0 Å². The van der Waals surface area contributed by atoms with Crippen LogP contribution in [0.1, 0.15) is 12.0 Å². The molecule has 8 nitrogen and oxygen atoms in total. The topological polar surface area (TPSA) is 114 Å². The van der Waals surface area contributed by atoms with Crippen LogP contribution in [0.5, 0.6) is 5.75 Å². The van der Waals surface area contributed by atoms with E-state index < -0.39 is 21.5 Å². The summed E-state index contributed by atoms with van der Waals surface area (Å²) in [4.78, 5) is 11.9. The fraction of sp³-hybridized carbons (Fsp3) is 0.278. The summed E-state index contributed by atoms with van der Waals surface area (Å²) in [6.07, 6.45) is 0.0947. The molecule has 1 unspecified atom stereocenters. The monoisotopic (exact) mass is 410 g/mol. The normalized spacial score (nSPS) is 19.4. The molecule has 1 saturated heterocycles. The minimum Gasteiger partial charge on any atom is -0.489 e. The first-order chi connectivity index (χ1) is 13.3. The van der Waals surface area contributed by atoms with Crippen molar-refractivity contribution in [1.82, 2.24) is 10.2 Å². The molecule has 1 aliphatic rings. The number of hydroxylamine groups is 1. The van der Waals surface area contributed by atoms with E-state index in [1.165, 1.54) is 41.9 Å². The summed E-state index contributed by atoms with van der Waals surface area (Å²) < 4.78 is 51.2. The van der Waals surface area contributed by atoms with Crippen LogP contribution in [0, 0.1) is 5.82 Å². The van der Waals surface area contributed by atoms with Crippen molar-refractivity contribution >= 4 is 15.9 Å². The number of rotatable bonds is 7. The molecule has 1 aliphatic heterocycles. The van der Waals surface area contributed by atoms with Crippen LogP contribution >= 0.6 is 0 Å². The molecule has 28 heavy (non-hydrogen) atoms. The summed E-state index contributed by atoms with van der Waals surface area (Å²) in [5.74, 6) is -0.797. The fourth-order valence-corrected chi connectivity index (χ4v) is 4.14. The van der Waals surface area contributed by atoms with Crippen LogP contribution < -0.4 is 14.9 Å². The summed E-state index contributed by atoms with van der Waals surface area (Å²) in [6.45, 7) is 0.200. The van der Waals surface area contributed by atoms with Crippen molar-refractivity contribution in [2.24, 2.45) is 0 Å². The molecule has 0 saturated carbocycles. The molecule has 0 aliphatic carbocycles. The molecule has 0 radical (unpaired) electrons. The maximum Gasteiger partial charge on any atom is 0.267 e. The third-order valence-corrected chi connectivity index (χ3v) is 5.89. The van der Waals surface area contributed by atoms with Gasteiger partial charge in [0.2, 0.25) is 10.0 Å². The highest BCUT2D eigenvalue weighted by Crippen LogP contribution is 2.24. The van der Waals surface area contributed by atoms with Crippen LogP contribution in [0.3, 0.4) is 0 Å². The number of amides is 1. The number of sulfonamides is 1. The van der Waals surface area contributed by atoms with Crippen molar-refractivity contribution in [1.29, 1.82) is 0 Å². The van der Waals surface area contributed by atoms with Gasteiger partial charge in [0.1, 0.15) is 23.7 Å². The second-order valence-corrected chi connectivity index (χ2v) is 8.00. The molecule has 1 amide bonds. The van der Waals surface area contributed by atoms with E-state index in [0.29, 0.717) is 5.75 Å². The van der Waals surface area contributed by atoms with Crippen LogP contribution in [-0.4, -0.2) is 38.3 Å². The SMILES string of the molecule is O=C(NO)C1(NS(=O)(=O)c2ccc(OCc3ccc(F)cc3)cc2)CCOC1. The van der Waals surface area contributed by atoms with Crippen LogP contribution in [0.2, 0.25) is 0 Å². The van der Waals surface area contributed by atoms with E-state index in [-0.39, 0.29) is 37.0 Å². The molecule has 150 valence electrons. The van der Waals surface area contributed by atoms with E-state index in [4.69, 9.17) is 14.7 Å². The number of hydrogen-bond acceptors (Lipinski definition) is 6. The van der Waals surface area contributed by atoms with E-state index in [1.807, 2.05) is 0 Å². The zero-order valence-corrected chi connectivity index (χ0v) is 15.5. The predicted molar refractivity (Wildman–Crippen MR) is 95.6 cm³/mol. The molecule has 0 bridgehead atoms. The molecule has 10 heteroatoms. The maximum atomic E-state index is 12.9. The lowest BCUT2D eigenvalue weighted by Gasteiger charge is -2.25. The minimum absolute atomic E-state index is 0.0707. The van der Waals surface area contributed by atoms with Crippen LogP contribution in [-0.2, 0) is 26.2 Å². The summed E-state index contributed by atoms with van der Waals surface area (Å²) in [5.41, 5.74) is 0.675. The van der Waals surface area contributed by atoms with Crippen LogP contribution in [0.4, 0.5) is 4.39 Å². The molecule has 0 aromatic heterocycles. The smallest absolute Gasteiger partial charge is 0.267 e. The van der Waals surface area contributed by atoms with E-state index in [9.17, 15) is 17.6 Å². The van der Waals surface area contributed by atoms with Gasteiger partial charge < -0.3 is 9.47 Å². The van der Waals surface area contributed by atoms with Gasteiger partial charge >= 0.3 is 0 Å². The first-order valence-electron chi connectivity index (χ1n) is 8.38. The third-order valence-electron chi connectivity index (χ3n) is 4.34. The summed E-state index contributed by atoms with van der Waals surface area (Å²) in [6, 6.07) is 11.5. The molecular weight excluding hydrogens is 391 g/mol. The Balaban J connectivity index is 1.69. The van der Waals surface area contributed by atoms with Crippen molar-refractivity contribution in [3.05, 3.63) is 59.9 Å². The lowest BCUT2D eigenvalue weighted by Crippen LogP contribution is -2.58. The fourth-order valence-electron chi connectivity index (χ4n) is 2.76. The Morgan fingerprint density at radius 3 is 2.43 bits per heavy atom. The Hall–Kier alpha value is -2.53. The highest BCUT2D eigenvalue weighted by Gasteiger charge is 2.45. The van der Waals surface area contributed by atoms with Gasteiger partial charge in [0.25, 0.3) is 5.91 Å². The molecule has 1 fully saturated rings. The summed E-state index contributed by atoms with van der Waals surface area (Å²) >= 11 is 0. The summed E-state index contributed by atoms with van der Waals surface area (Å²) in [5, 5.41) is 8.91. The number of carbonyl (C=O) groups excluding carboxylic acids is 1. The van der Waals surface area contributed by atoms with Gasteiger partial charge in [-0.15, -0.1) is 0 Å². The van der Waals surface area contributed by atoms with E-state index >= 15 is 0 Å². The Bertz CT molecular complexity index is 926. The highest BCUT2D eigenvalue weighted by atomic mass is 32.2. The van der Waals surface area contributed by atoms with E-state index in [0.717, 1.165) is 5.56 Å². The predicted octanol–water partition coefficient (Wildman–Crippen LogP) is 1.35. The molecule has 3 rings (SSSR count). The van der Waals surface area contributed by atoms with E-state index in [1.54, 1.807) is 12.1 Å². The molecule has 3 N–H and O–H groups in total. The molecule has 1 heterocycles. The minimum atomic E-state index is -4.05. The largest absolute Gasteiger partial charge is 0.489 e. The number of hydrogen-bond donors (Lipinski definition) is 3. The van der Waals surface area contributed by atoms with Gasteiger partial charge in [-0.25, -0.2) is 18.3 Å². The van der Waals surface area contributed by atoms with Gasteiger partial charge in [-0.05, 0) is 42.0 Å². The van der Waals surface area contributed by atoms with Crippen molar-refractivity contribution in [3.8, 4) is 5.75 Å². The zero-order valence-electron chi connectivity index (χ0n) is 14.7. The Labute approximate surface area is 161 Å². The van der Waals surface area contributed by atoms with Gasteiger partial charge in [-0.3, -0.25) is 10.0 Å². The average molecular weight is 410 g/mol. The van der Waals surface area contributed by atoms with Crippen LogP contribution in [0.15, 0.2) is 53.4 Å². The number of benzene rings is 2. The quantitative estimate of drug-likeness (QED) is 0.469. The molecule has 2 aromatic rings. The number of halogens is 1. The highest BCUT2D eigenvalue weighted by molar-refractivity contribution is 7.89. The van der Waals surface area contributed by atoms with Crippen molar-refractivity contribution in [2.45, 2.75) is 23.5 Å². The van der Waals surface area contributed by atoms with Gasteiger partial charge in [-0.1, -0.05) is 12.1 Å².